The fraction of sp³-hybridized carbons (Fsp3) is 0.684. The maximum absolute atomic E-state index is 8.52. The molecular weight excluding hydrogens is 244 g/mol. The van der Waals surface area contributed by atoms with Crippen molar-refractivity contribution >= 4 is 0 Å². The minimum Gasteiger partial charge on any atom is -0.395 e. The second-order valence-corrected chi connectivity index (χ2v) is 4.76. The van der Waals surface area contributed by atoms with Crippen LogP contribution in [0.25, 0.3) is 0 Å². The Morgan fingerprint density at radius 3 is 1.70 bits per heavy atom. The van der Waals surface area contributed by atoms with Crippen molar-refractivity contribution in [2.45, 2.75) is 77.6 Å². The first-order valence-corrected chi connectivity index (χ1v) is 7.89. The van der Waals surface area contributed by atoms with Gasteiger partial charge < -0.3 is 5.11 Å². The van der Waals surface area contributed by atoms with Crippen molar-refractivity contribution in [3.8, 4) is 35.5 Å². The Morgan fingerprint density at radius 2 is 1.10 bits per heavy atom. The van der Waals surface area contributed by atoms with Crippen molar-refractivity contribution in [1.82, 2.24) is 0 Å². The third-order valence-corrected chi connectivity index (χ3v) is 2.87. The molecule has 0 unspecified atom stereocenters. The van der Waals surface area contributed by atoms with E-state index in [9.17, 15) is 0 Å². The first-order chi connectivity index (χ1) is 9.91. The van der Waals surface area contributed by atoms with E-state index in [0.29, 0.717) is 19.3 Å². The third-order valence-electron chi connectivity index (χ3n) is 2.87. The molecule has 0 rings (SSSR count). The highest BCUT2D eigenvalue weighted by atomic mass is 16.2. The molecule has 0 bridgehead atoms. The van der Waals surface area contributed by atoms with Gasteiger partial charge in [-0.05, 0) is 6.42 Å². The summed E-state index contributed by atoms with van der Waals surface area (Å²) in [5.74, 6) is 18.0. The molecule has 110 valence electrons. The molecule has 0 radical (unpaired) electrons. The van der Waals surface area contributed by atoms with Crippen LogP contribution in [0, 0.1) is 35.5 Å². The molecule has 0 spiro atoms. The van der Waals surface area contributed by atoms with Crippen molar-refractivity contribution in [2.75, 3.05) is 6.61 Å². The molecule has 0 aliphatic carbocycles. The molecule has 1 N–H and O–H groups in total. The number of hydrogen-bond acceptors (Lipinski definition) is 1. The van der Waals surface area contributed by atoms with Gasteiger partial charge in [0.1, 0.15) is 0 Å². The van der Waals surface area contributed by atoms with Crippen LogP contribution in [0.1, 0.15) is 77.6 Å². The molecule has 1 nitrogen and oxygen atoms in total. The lowest BCUT2D eigenvalue weighted by molar-refractivity contribution is 0.305. The molecule has 0 aromatic heterocycles. The Kier molecular flexibility index (Phi) is 16.4. The van der Waals surface area contributed by atoms with Crippen molar-refractivity contribution < 1.29 is 5.11 Å². The van der Waals surface area contributed by atoms with Crippen LogP contribution < -0.4 is 0 Å². The topological polar surface area (TPSA) is 20.2 Å². The van der Waals surface area contributed by atoms with Crippen LogP contribution in [0.2, 0.25) is 0 Å². The molecule has 0 atom stereocenters. The lowest BCUT2D eigenvalue weighted by Crippen LogP contribution is -1.79. The van der Waals surface area contributed by atoms with E-state index in [1.54, 1.807) is 0 Å². The molecule has 1 heteroatoms. The van der Waals surface area contributed by atoms with E-state index in [-0.39, 0.29) is 6.61 Å². The number of aliphatic hydroxyl groups is 1. The average Bonchev–Trinajstić information content (AvgIpc) is 2.47. The number of rotatable bonds is 8. The molecule has 0 aromatic rings. The van der Waals surface area contributed by atoms with Crippen LogP contribution in [0.5, 0.6) is 0 Å². The van der Waals surface area contributed by atoms with E-state index < -0.39 is 0 Å². The first-order valence-electron chi connectivity index (χ1n) is 7.89. The highest BCUT2D eigenvalue weighted by Crippen LogP contribution is 2.07. The fourth-order valence-electron chi connectivity index (χ4n) is 1.74. The molecule has 0 heterocycles. The van der Waals surface area contributed by atoms with Crippen molar-refractivity contribution in [1.29, 1.82) is 0 Å². The Balaban J connectivity index is 3.33. The summed E-state index contributed by atoms with van der Waals surface area (Å²) >= 11 is 0. The van der Waals surface area contributed by atoms with Gasteiger partial charge in [-0.15, -0.1) is 5.92 Å². The Labute approximate surface area is 125 Å². The summed E-state index contributed by atoms with van der Waals surface area (Å²) in [5.41, 5.74) is 0. The van der Waals surface area contributed by atoms with Crippen LogP contribution >= 0.6 is 0 Å². The molecule has 0 aliphatic heterocycles. The Bertz CT molecular complexity index is 375. The van der Waals surface area contributed by atoms with E-state index >= 15 is 0 Å². The summed E-state index contributed by atoms with van der Waals surface area (Å²) in [6.45, 7) is 2.38. The van der Waals surface area contributed by atoms with Gasteiger partial charge in [0.05, 0.1) is 19.4 Å². The summed E-state index contributed by atoms with van der Waals surface area (Å²) in [4.78, 5) is 0. The van der Waals surface area contributed by atoms with Gasteiger partial charge in [0, 0.05) is 12.8 Å². The monoisotopic (exact) mass is 272 g/mol. The lowest BCUT2D eigenvalue weighted by Gasteiger charge is -1.97. The second kappa shape index (κ2) is 17.6. The number of hydrogen-bond donors (Lipinski definition) is 1. The van der Waals surface area contributed by atoms with Gasteiger partial charge in [-0.3, -0.25) is 0 Å². The van der Waals surface area contributed by atoms with Crippen LogP contribution in [-0.4, -0.2) is 11.7 Å². The molecule has 0 saturated carbocycles. The molecule has 0 aromatic carbocycles. The lowest BCUT2D eigenvalue weighted by atomic mass is 10.1. The predicted octanol–water partition coefficient (Wildman–Crippen LogP) is 4.30. The molecule has 0 fully saturated rings. The maximum Gasteiger partial charge on any atom is 0.0703 e. The molecule has 20 heavy (non-hydrogen) atoms. The van der Waals surface area contributed by atoms with Gasteiger partial charge in [-0.2, -0.15) is 0 Å². The summed E-state index contributed by atoms with van der Waals surface area (Å²) in [6, 6.07) is 0. The Morgan fingerprint density at radius 1 is 0.600 bits per heavy atom. The smallest absolute Gasteiger partial charge is 0.0703 e. The maximum atomic E-state index is 8.52. The van der Waals surface area contributed by atoms with Crippen molar-refractivity contribution in [3.05, 3.63) is 0 Å². The van der Waals surface area contributed by atoms with Gasteiger partial charge in [0.2, 0.25) is 0 Å². The molecule has 0 amide bonds. The quantitative estimate of drug-likeness (QED) is 0.516. The zero-order valence-electron chi connectivity index (χ0n) is 12.9. The van der Waals surface area contributed by atoms with Crippen molar-refractivity contribution in [3.63, 3.8) is 0 Å². The number of aliphatic hydroxyl groups excluding tert-OH is 1. The predicted molar refractivity (Wildman–Crippen MR) is 86.9 cm³/mol. The molecule has 0 saturated heterocycles. The highest BCUT2D eigenvalue weighted by Gasteiger charge is 1.88. The van der Waals surface area contributed by atoms with Crippen LogP contribution in [-0.2, 0) is 0 Å². The zero-order valence-corrected chi connectivity index (χ0v) is 12.9. The highest BCUT2D eigenvalue weighted by molar-refractivity contribution is 5.16. The summed E-state index contributed by atoms with van der Waals surface area (Å²) in [6.07, 6.45) is 12.1. The molecule has 0 aliphatic rings. The normalized spacial score (nSPS) is 8.70. The van der Waals surface area contributed by atoms with Gasteiger partial charge in [-0.25, -0.2) is 0 Å². The zero-order chi connectivity index (χ0) is 14.7. The van der Waals surface area contributed by atoms with Gasteiger partial charge in [-0.1, -0.05) is 75.1 Å². The van der Waals surface area contributed by atoms with Gasteiger partial charge in [0.15, 0.2) is 0 Å². The second-order valence-electron chi connectivity index (χ2n) is 4.76. The van der Waals surface area contributed by atoms with Crippen LogP contribution in [0.15, 0.2) is 0 Å². The van der Waals surface area contributed by atoms with E-state index in [1.807, 2.05) is 0 Å². The fourth-order valence-corrected chi connectivity index (χ4v) is 1.74. The van der Waals surface area contributed by atoms with Crippen LogP contribution in [0.4, 0.5) is 0 Å². The summed E-state index contributed by atoms with van der Waals surface area (Å²) < 4.78 is 0. The third kappa shape index (κ3) is 16.6. The average molecular weight is 272 g/mol. The molecular formula is C19H28O. The SMILES string of the molecule is CCCCCCCCCC#CCC#CCC#CCCO. The standard InChI is InChI=1S/C19H28O/c1-2-3-4-5-6-7-8-9-10-11-12-13-14-15-16-17-18-19-20/h20H,2-9,12,15,18-19H2,1H3. The van der Waals surface area contributed by atoms with E-state index in [1.165, 1.54) is 44.9 Å². The minimum atomic E-state index is 0.129. The minimum absolute atomic E-state index is 0.129. The van der Waals surface area contributed by atoms with E-state index in [0.717, 1.165) is 6.42 Å². The van der Waals surface area contributed by atoms with Crippen molar-refractivity contribution in [2.24, 2.45) is 0 Å². The van der Waals surface area contributed by atoms with Gasteiger partial charge >= 0.3 is 0 Å². The van der Waals surface area contributed by atoms with E-state index in [4.69, 9.17) is 5.11 Å². The summed E-state index contributed by atoms with van der Waals surface area (Å²) in [7, 11) is 0. The van der Waals surface area contributed by atoms with Crippen LogP contribution in [0.3, 0.4) is 0 Å². The van der Waals surface area contributed by atoms with Gasteiger partial charge in [0.25, 0.3) is 0 Å². The summed E-state index contributed by atoms with van der Waals surface area (Å²) in [5, 5.41) is 8.52. The number of unbranched alkanes of at least 4 members (excludes halogenated alkanes) is 7. The van der Waals surface area contributed by atoms with E-state index in [2.05, 4.69) is 42.4 Å². The Hall–Kier alpha value is -1.36. The largest absolute Gasteiger partial charge is 0.395 e. The first kappa shape index (κ1) is 18.6.